The van der Waals surface area contributed by atoms with Crippen molar-refractivity contribution >= 4 is 0 Å². The Morgan fingerprint density at radius 1 is 1.50 bits per heavy atom. The minimum Gasteiger partial charge on any atom is -0.380 e. The molecule has 0 amide bonds. The van der Waals surface area contributed by atoms with E-state index >= 15 is 0 Å². The average molecular weight is 248 g/mol. The Kier molecular flexibility index (Phi) is 4.75. The third kappa shape index (κ3) is 3.31. The maximum atomic E-state index is 5.46. The molecule has 0 aromatic heterocycles. The predicted molar refractivity (Wildman–Crippen MR) is 74.8 cm³/mol. The molecule has 2 rings (SSSR count). The van der Waals surface area contributed by atoms with Crippen molar-refractivity contribution in [1.29, 1.82) is 0 Å². The normalized spacial score (nSPS) is 21.4. The van der Waals surface area contributed by atoms with Crippen LogP contribution in [-0.2, 0) is 4.74 Å². The first kappa shape index (κ1) is 13.5. The van der Waals surface area contributed by atoms with Gasteiger partial charge in [0.2, 0.25) is 0 Å². The summed E-state index contributed by atoms with van der Waals surface area (Å²) < 4.78 is 5.46. The number of aryl methyl sites for hydroxylation is 1. The minimum absolute atomic E-state index is 0.385. The summed E-state index contributed by atoms with van der Waals surface area (Å²) in [5, 5.41) is 3.42. The van der Waals surface area contributed by atoms with Gasteiger partial charge in [0.15, 0.2) is 0 Å². The summed E-state index contributed by atoms with van der Waals surface area (Å²) in [6, 6.07) is 9.70. The van der Waals surface area contributed by atoms with Crippen LogP contribution in [0.2, 0.25) is 0 Å². The monoisotopic (exact) mass is 248 g/mol. The quantitative estimate of drug-likeness (QED) is 0.862. The highest BCUT2D eigenvalue weighted by Gasteiger charge is 2.22. The molecule has 18 heavy (non-hydrogen) atoms. The van der Waals surface area contributed by atoms with Gasteiger partial charge in [-0.1, -0.05) is 29.8 Å². The highest BCUT2D eigenvalue weighted by atomic mass is 16.5. The molecule has 1 N–H and O–H groups in total. The molecule has 0 bridgehead atoms. The molecule has 0 radical (unpaired) electrons. The Hall–Kier alpha value is -0.900. The van der Waals surface area contributed by atoms with Crippen molar-refractivity contribution < 1.29 is 4.74 Å². The topological polar surface area (TPSA) is 24.5 Å². The van der Waals surface area contributed by atoms with Crippen LogP contribution in [0, 0.1) is 6.92 Å². The lowest BCUT2D eigenvalue weighted by molar-refractivity contribution is 0.153. The first-order valence-electron chi connectivity index (χ1n) is 6.72. The van der Waals surface area contributed by atoms with Gasteiger partial charge in [0.05, 0.1) is 6.61 Å². The second kappa shape index (κ2) is 6.32. The van der Waals surface area contributed by atoms with Gasteiger partial charge < -0.3 is 10.1 Å². The van der Waals surface area contributed by atoms with E-state index in [4.69, 9.17) is 4.74 Å². The number of likely N-dealkylation sites (N-methyl/N-ethyl adjacent to an activating group) is 2. The van der Waals surface area contributed by atoms with E-state index in [0.29, 0.717) is 12.1 Å². The summed E-state index contributed by atoms with van der Waals surface area (Å²) in [6.07, 6.45) is 1.15. The molecule has 1 saturated heterocycles. The molecular formula is C15H24N2O. The van der Waals surface area contributed by atoms with E-state index in [9.17, 15) is 0 Å². The maximum absolute atomic E-state index is 5.46. The zero-order valence-electron chi connectivity index (χ0n) is 11.6. The van der Waals surface area contributed by atoms with Gasteiger partial charge in [0.1, 0.15) is 0 Å². The Morgan fingerprint density at radius 3 is 2.94 bits per heavy atom. The molecule has 2 unspecified atom stereocenters. The molecule has 1 fully saturated rings. The van der Waals surface area contributed by atoms with Gasteiger partial charge in [-0.15, -0.1) is 0 Å². The number of hydrogen-bond acceptors (Lipinski definition) is 3. The molecule has 0 spiro atoms. The number of rotatable bonds is 5. The van der Waals surface area contributed by atoms with Gasteiger partial charge >= 0.3 is 0 Å². The zero-order valence-corrected chi connectivity index (χ0v) is 11.6. The van der Waals surface area contributed by atoms with E-state index in [0.717, 1.165) is 26.2 Å². The lowest BCUT2D eigenvalue weighted by Crippen LogP contribution is -2.38. The first-order valence-corrected chi connectivity index (χ1v) is 6.72. The summed E-state index contributed by atoms with van der Waals surface area (Å²) >= 11 is 0. The van der Waals surface area contributed by atoms with Gasteiger partial charge in [-0.3, -0.25) is 4.90 Å². The van der Waals surface area contributed by atoms with Crippen LogP contribution in [0.1, 0.15) is 23.6 Å². The molecular weight excluding hydrogens is 224 g/mol. The second-order valence-electron chi connectivity index (χ2n) is 5.21. The zero-order chi connectivity index (χ0) is 13.0. The van der Waals surface area contributed by atoms with Gasteiger partial charge in [0.25, 0.3) is 0 Å². The van der Waals surface area contributed by atoms with E-state index in [1.807, 2.05) is 7.05 Å². The van der Waals surface area contributed by atoms with Crippen molar-refractivity contribution in [3.8, 4) is 0 Å². The second-order valence-corrected chi connectivity index (χ2v) is 5.21. The molecule has 100 valence electrons. The van der Waals surface area contributed by atoms with E-state index in [1.165, 1.54) is 11.1 Å². The largest absolute Gasteiger partial charge is 0.380 e. The van der Waals surface area contributed by atoms with Crippen molar-refractivity contribution in [2.45, 2.75) is 25.4 Å². The Morgan fingerprint density at radius 2 is 2.33 bits per heavy atom. The molecule has 3 heteroatoms. The molecule has 2 atom stereocenters. The molecule has 1 aliphatic heterocycles. The number of hydrogen-bond donors (Lipinski definition) is 1. The molecule has 1 aromatic rings. The summed E-state index contributed by atoms with van der Waals surface area (Å²) in [7, 11) is 4.23. The third-order valence-electron chi connectivity index (χ3n) is 3.79. The Labute approximate surface area is 110 Å². The molecule has 0 aliphatic carbocycles. The fourth-order valence-corrected chi connectivity index (χ4v) is 2.56. The van der Waals surface area contributed by atoms with Gasteiger partial charge in [-0.05, 0) is 33.0 Å². The molecule has 1 aromatic carbocycles. The standard InChI is InChI=1S/C15H24N2O/c1-12-5-4-6-13(9-12)15(16-2)10-17(3)14-7-8-18-11-14/h4-6,9,14-16H,7-8,10-11H2,1-3H3. The van der Waals surface area contributed by atoms with Crippen molar-refractivity contribution in [1.82, 2.24) is 10.2 Å². The molecule has 1 aliphatic rings. The van der Waals surface area contributed by atoms with Gasteiger partial charge in [-0.2, -0.15) is 0 Å². The van der Waals surface area contributed by atoms with Crippen LogP contribution >= 0.6 is 0 Å². The molecule has 1 heterocycles. The SMILES string of the molecule is CNC(CN(C)C1CCOC1)c1cccc(C)c1. The lowest BCUT2D eigenvalue weighted by Gasteiger charge is -2.28. The Bertz CT molecular complexity index is 375. The van der Waals surface area contributed by atoms with E-state index in [-0.39, 0.29) is 0 Å². The van der Waals surface area contributed by atoms with Crippen molar-refractivity contribution in [3.05, 3.63) is 35.4 Å². The highest BCUT2D eigenvalue weighted by molar-refractivity contribution is 5.25. The van der Waals surface area contributed by atoms with Crippen LogP contribution in [0.25, 0.3) is 0 Å². The average Bonchev–Trinajstić information content (AvgIpc) is 2.89. The van der Waals surface area contributed by atoms with Gasteiger partial charge in [-0.25, -0.2) is 0 Å². The Balaban J connectivity index is 2.00. The van der Waals surface area contributed by atoms with Crippen LogP contribution in [0.5, 0.6) is 0 Å². The van der Waals surface area contributed by atoms with E-state index in [2.05, 4.69) is 48.5 Å². The molecule has 3 nitrogen and oxygen atoms in total. The van der Waals surface area contributed by atoms with Crippen LogP contribution in [-0.4, -0.2) is 44.8 Å². The van der Waals surface area contributed by atoms with Gasteiger partial charge in [0, 0.05) is 25.2 Å². The highest BCUT2D eigenvalue weighted by Crippen LogP contribution is 2.18. The van der Waals surface area contributed by atoms with Crippen LogP contribution in [0.3, 0.4) is 0 Å². The minimum atomic E-state index is 0.385. The lowest BCUT2D eigenvalue weighted by atomic mass is 10.0. The van der Waals surface area contributed by atoms with Crippen molar-refractivity contribution in [3.63, 3.8) is 0 Å². The first-order chi connectivity index (χ1) is 8.70. The third-order valence-corrected chi connectivity index (χ3v) is 3.79. The number of benzene rings is 1. The van der Waals surface area contributed by atoms with Crippen molar-refractivity contribution in [2.24, 2.45) is 0 Å². The van der Waals surface area contributed by atoms with Crippen molar-refractivity contribution in [2.75, 3.05) is 33.9 Å². The van der Waals surface area contributed by atoms with Crippen LogP contribution in [0.15, 0.2) is 24.3 Å². The molecule has 0 saturated carbocycles. The fourth-order valence-electron chi connectivity index (χ4n) is 2.56. The van der Waals surface area contributed by atoms with E-state index < -0.39 is 0 Å². The summed E-state index contributed by atoms with van der Waals surface area (Å²) in [5.74, 6) is 0. The summed E-state index contributed by atoms with van der Waals surface area (Å²) in [5.41, 5.74) is 2.68. The number of nitrogens with one attached hydrogen (secondary N) is 1. The maximum Gasteiger partial charge on any atom is 0.0622 e. The van der Waals surface area contributed by atoms with E-state index in [1.54, 1.807) is 0 Å². The number of nitrogens with zero attached hydrogens (tertiary/aromatic N) is 1. The number of ether oxygens (including phenoxy) is 1. The fraction of sp³-hybridized carbons (Fsp3) is 0.600. The smallest absolute Gasteiger partial charge is 0.0622 e. The summed E-state index contributed by atoms with van der Waals surface area (Å²) in [4.78, 5) is 2.41. The predicted octanol–water partition coefficient (Wildman–Crippen LogP) is 1.98. The van der Waals surface area contributed by atoms with Crippen LogP contribution < -0.4 is 5.32 Å². The summed E-state index contributed by atoms with van der Waals surface area (Å²) in [6.45, 7) is 4.95. The van der Waals surface area contributed by atoms with Crippen LogP contribution in [0.4, 0.5) is 0 Å².